The van der Waals surface area contributed by atoms with Gasteiger partial charge in [-0.25, -0.2) is 4.39 Å². The van der Waals surface area contributed by atoms with E-state index in [9.17, 15) is 19.1 Å². The lowest BCUT2D eigenvalue weighted by molar-refractivity contribution is -0.137. The van der Waals surface area contributed by atoms with Gasteiger partial charge >= 0.3 is 0 Å². The van der Waals surface area contributed by atoms with E-state index in [4.69, 9.17) is 0 Å². The Labute approximate surface area is 119 Å². The summed E-state index contributed by atoms with van der Waals surface area (Å²) in [7, 11) is 2.07. The second-order valence-corrected chi connectivity index (χ2v) is 5.62. The molecule has 2 atom stereocenters. The van der Waals surface area contributed by atoms with Crippen LogP contribution in [-0.2, 0) is 22.6 Å². The van der Waals surface area contributed by atoms with Crippen LogP contribution in [0.1, 0.15) is 17.5 Å². The summed E-state index contributed by atoms with van der Waals surface area (Å²) in [6.07, 6.45) is 0.573. The van der Waals surface area contributed by atoms with Crippen LogP contribution in [0.3, 0.4) is 0 Å². The molecular formula is C14H17FNO3P. The molecule has 0 bridgehead atoms. The first kappa shape index (κ1) is 14.9. The first-order valence-electron chi connectivity index (χ1n) is 6.45. The van der Waals surface area contributed by atoms with Crippen LogP contribution in [0.4, 0.5) is 4.39 Å². The van der Waals surface area contributed by atoms with Gasteiger partial charge in [0.25, 0.3) is 0 Å². The summed E-state index contributed by atoms with van der Waals surface area (Å²) in [6, 6.07) is 4.92. The van der Waals surface area contributed by atoms with Gasteiger partial charge in [0.05, 0.1) is 0 Å². The average Bonchev–Trinajstić information content (AvgIpc) is 2.49. The van der Waals surface area contributed by atoms with E-state index in [2.05, 4.69) is 9.24 Å². The largest absolute Gasteiger partial charge is 0.508 e. The summed E-state index contributed by atoms with van der Waals surface area (Å²) in [5, 5.41) is 9.54. The fourth-order valence-corrected chi connectivity index (χ4v) is 2.83. The minimum absolute atomic E-state index is 0.00940. The van der Waals surface area contributed by atoms with Gasteiger partial charge in [0, 0.05) is 25.4 Å². The highest BCUT2D eigenvalue weighted by Gasteiger charge is 2.30. The van der Waals surface area contributed by atoms with E-state index in [1.165, 1.54) is 4.90 Å². The van der Waals surface area contributed by atoms with E-state index < -0.39 is 12.6 Å². The van der Waals surface area contributed by atoms with Crippen molar-refractivity contribution in [3.63, 3.8) is 0 Å². The molecule has 0 radical (unpaired) electrons. The molecule has 1 aromatic carbocycles. The third-order valence-corrected chi connectivity index (χ3v) is 3.72. The average molecular weight is 297 g/mol. The van der Waals surface area contributed by atoms with Gasteiger partial charge in [-0.3, -0.25) is 9.59 Å². The van der Waals surface area contributed by atoms with Gasteiger partial charge in [0.1, 0.15) is 17.9 Å². The van der Waals surface area contributed by atoms with Gasteiger partial charge < -0.3 is 10.0 Å². The van der Waals surface area contributed by atoms with Crippen molar-refractivity contribution in [2.75, 3.05) is 13.2 Å². The molecule has 2 unspecified atom stereocenters. The molecule has 1 amide bonds. The Morgan fingerprint density at radius 1 is 1.45 bits per heavy atom. The predicted octanol–water partition coefficient (Wildman–Crippen LogP) is 1.65. The number of rotatable bonds is 4. The maximum absolute atomic E-state index is 12.6. The third kappa shape index (κ3) is 3.34. The van der Waals surface area contributed by atoms with Gasteiger partial charge in [-0.1, -0.05) is 15.3 Å². The fourth-order valence-electron chi connectivity index (χ4n) is 2.55. The number of carbonyl (C=O) groups is 2. The summed E-state index contributed by atoms with van der Waals surface area (Å²) in [4.78, 5) is 25.1. The van der Waals surface area contributed by atoms with Crippen molar-refractivity contribution in [3.05, 3.63) is 29.3 Å². The smallest absolute Gasteiger partial charge is 0.226 e. The number of halogens is 1. The van der Waals surface area contributed by atoms with Crippen LogP contribution in [0, 0.1) is 5.92 Å². The molecule has 1 heterocycles. The number of benzene rings is 1. The number of phenolic OH excluding ortho intramolecular Hbond substituents is 1. The number of alkyl halides is 1. The molecule has 0 saturated heterocycles. The van der Waals surface area contributed by atoms with E-state index in [1.807, 2.05) is 0 Å². The van der Waals surface area contributed by atoms with E-state index in [-0.39, 0.29) is 36.7 Å². The van der Waals surface area contributed by atoms with Crippen LogP contribution in [0.2, 0.25) is 0 Å². The highest BCUT2D eigenvalue weighted by Crippen LogP contribution is 2.28. The van der Waals surface area contributed by atoms with Crippen LogP contribution in [0.25, 0.3) is 0 Å². The van der Waals surface area contributed by atoms with Crippen molar-refractivity contribution in [2.45, 2.75) is 19.4 Å². The van der Waals surface area contributed by atoms with E-state index in [1.54, 1.807) is 18.2 Å². The van der Waals surface area contributed by atoms with Crippen LogP contribution in [0.15, 0.2) is 18.2 Å². The molecule has 0 spiro atoms. The standard InChI is InChI=1S/C14H17FNO3P/c15-3-4-16-8-11-6-12(17)2-1-9(11)5-10(14(16)19)7-13(18)20/h1-2,6,10,17H,3-5,7-8,20H2. The first-order valence-corrected chi connectivity index (χ1v) is 7.03. The van der Waals surface area contributed by atoms with Gasteiger partial charge in [-0.05, 0) is 29.7 Å². The Morgan fingerprint density at radius 2 is 2.20 bits per heavy atom. The molecule has 1 N–H and O–H groups in total. The SMILES string of the molecule is O=C(P)CC1Cc2ccc(O)cc2CN(CCF)C1=O. The lowest BCUT2D eigenvalue weighted by Gasteiger charge is -2.22. The topological polar surface area (TPSA) is 57.6 Å². The predicted molar refractivity (Wildman–Crippen MR) is 76.0 cm³/mol. The number of hydrogen-bond acceptors (Lipinski definition) is 3. The summed E-state index contributed by atoms with van der Waals surface area (Å²) in [5.74, 6) is -0.538. The number of amides is 1. The molecule has 20 heavy (non-hydrogen) atoms. The number of carbonyl (C=O) groups excluding carboxylic acids is 2. The van der Waals surface area contributed by atoms with Crippen LogP contribution in [0.5, 0.6) is 5.75 Å². The van der Waals surface area contributed by atoms with Gasteiger partial charge in [0.2, 0.25) is 5.91 Å². The quantitative estimate of drug-likeness (QED) is 0.860. The summed E-state index contributed by atoms with van der Waals surface area (Å²) in [5.41, 5.74) is 1.60. The lowest BCUT2D eigenvalue weighted by Crippen LogP contribution is -2.36. The maximum Gasteiger partial charge on any atom is 0.226 e. The van der Waals surface area contributed by atoms with E-state index in [0.717, 1.165) is 11.1 Å². The highest BCUT2D eigenvalue weighted by molar-refractivity contribution is 7.40. The number of nitrogens with zero attached hydrogens (tertiary/aromatic N) is 1. The first-order chi connectivity index (χ1) is 9.51. The van der Waals surface area contributed by atoms with Gasteiger partial charge in [0.15, 0.2) is 0 Å². The minimum atomic E-state index is -0.624. The van der Waals surface area contributed by atoms with Crippen LogP contribution >= 0.6 is 9.24 Å². The normalized spacial score (nSPS) is 18.6. The molecular weight excluding hydrogens is 280 g/mol. The monoisotopic (exact) mass is 297 g/mol. The summed E-state index contributed by atoms with van der Waals surface area (Å²) in [6.45, 7) is -0.342. The molecule has 0 aromatic heterocycles. The molecule has 1 aromatic rings. The zero-order valence-electron chi connectivity index (χ0n) is 11.0. The van der Waals surface area contributed by atoms with Crippen molar-refractivity contribution < 1.29 is 19.1 Å². The molecule has 1 aliphatic heterocycles. The summed E-state index contributed by atoms with van der Waals surface area (Å²) >= 11 is 0. The molecule has 1 aliphatic rings. The number of aromatic hydroxyl groups is 1. The molecule has 2 rings (SSSR count). The molecule has 0 fully saturated rings. The third-order valence-electron chi connectivity index (χ3n) is 3.48. The van der Waals surface area contributed by atoms with Crippen LogP contribution in [-0.4, -0.2) is 34.7 Å². The van der Waals surface area contributed by atoms with Crippen molar-refractivity contribution in [2.24, 2.45) is 5.92 Å². The van der Waals surface area contributed by atoms with E-state index >= 15 is 0 Å². The zero-order chi connectivity index (χ0) is 14.7. The van der Waals surface area contributed by atoms with Crippen molar-refractivity contribution in [1.29, 1.82) is 0 Å². The molecule has 108 valence electrons. The van der Waals surface area contributed by atoms with Crippen LogP contribution < -0.4 is 0 Å². The molecule has 0 aliphatic carbocycles. The Morgan fingerprint density at radius 3 is 2.85 bits per heavy atom. The zero-order valence-corrected chi connectivity index (χ0v) is 12.2. The Balaban J connectivity index is 2.35. The fraction of sp³-hybridized carbons (Fsp3) is 0.429. The van der Waals surface area contributed by atoms with Gasteiger partial charge in [-0.15, -0.1) is 0 Å². The van der Waals surface area contributed by atoms with Crippen molar-refractivity contribution >= 4 is 20.7 Å². The number of fused-ring (bicyclic) bond motifs is 1. The maximum atomic E-state index is 12.6. The highest BCUT2D eigenvalue weighted by atomic mass is 31.0. The molecule has 0 saturated carbocycles. The number of phenols is 1. The minimum Gasteiger partial charge on any atom is -0.508 e. The Bertz CT molecular complexity index is 535. The Kier molecular flexibility index (Phi) is 4.71. The molecule has 4 nitrogen and oxygen atoms in total. The van der Waals surface area contributed by atoms with Crippen molar-refractivity contribution in [3.8, 4) is 5.75 Å². The summed E-state index contributed by atoms with van der Waals surface area (Å²) < 4.78 is 12.6. The second kappa shape index (κ2) is 6.31. The van der Waals surface area contributed by atoms with Crippen molar-refractivity contribution in [1.82, 2.24) is 4.90 Å². The Hall–Kier alpha value is -1.48. The second-order valence-electron chi connectivity index (χ2n) is 4.97. The van der Waals surface area contributed by atoms with E-state index in [0.29, 0.717) is 6.42 Å². The number of hydrogen-bond donors (Lipinski definition) is 1. The van der Waals surface area contributed by atoms with Gasteiger partial charge in [-0.2, -0.15) is 0 Å². The molecule has 6 heteroatoms. The lowest BCUT2D eigenvalue weighted by atomic mass is 9.94.